The van der Waals surface area contributed by atoms with Crippen LogP contribution in [0.25, 0.3) is 5.69 Å². The molecule has 102 valence electrons. The molecule has 0 atom stereocenters. The summed E-state index contributed by atoms with van der Waals surface area (Å²) >= 11 is 0. The Morgan fingerprint density at radius 1 is 1.40 bits per heavy atom. The molecule has 1 fully saturated rings. The van der Waals surface area contributed by atoms with Crippen molar-refractivity contribution in [2.75, 3.05) is 5.32 Å². The fourth-order valence-electron chi connectivity index (χ4n) is 1.98. The van der Waals surface area contributed by atoms with Gasteiger partial charge < -0.3 is 15.2 Å². The maximum atomic E-state index is 12.0. The Morgan fingerprint density at radius 3 is 2.90 bits per heavy atom. The van der Waals surface area contributed by atoms with Crippen molar-refractivity contribution in [1.82, 2.24) is 14.9 Å². The quantitative estimate of drug-likeness (QED) is 0.805. The second-order valence-electron chi connectivity index (χ2n) is 4.71. The third kappa shape index (κ3) is 2.54. The van der Waals surface area contributed by atoms with Crippen LogP contribution >= 0.6 is 0 Å². The van der Waals surface area contributed by atoms with E-state index in [1.54, 1.807) is 41.5 Å². The Labute approximate surface area is 115 Å². The molecule has 2 aromatic rings. The van der Waals surface area contributed by atoms with Crippen molar-refractivity contribution in [3.63, 3.8) is 0 Å². The third-order valence-corrected chi connectivity index (χ3v) is 3.17. The van der Waals surface area contributed by atoms with Crippen LogP contribution in [-0.2, 0) is 4.79 Å². The van der Waals surface area contributed by atoms with Gasteiger partial charge in [0.05, 0.1) is 17.7 Å². The summed E-state index contributed by atoms with van der Waals surface area (Å²) in [5, 5.41) is 5.54. The van der Waals surface area contributed by atoms with Gasteiger partial charge in [0.15, 0.2) is 0 Å². The second-order valence-corrected chi connectivity index (χ2v) is 4.71. The lowest BCUT2D eigenvalue weighted by atomic mass is 10.1. The van der Waals surface area contributed by atoms with Crippen LogP contribution in [0, 0.1) is 0 Å². The molecule has 1 saturated carbocycles. The van der Waals surface area contributed by atoms with Crippen LogP contribution in [0.5, 0.6) is 0 Å². The zero-order valence-electron chi connectivity index (χ0n) is 10.7. The third-order valence-electron chi connectivity index (χ3n) is 3.17. The number of imidazole rings is 1. The van der Waals surface area contributed by atoms with Gasteiger partial charge in [0.1, 0.15) is 0 Å². The average molecular weight is 270 g/mol. The number of nitrogens with one attached hydrogen (secondary N) is 2. The smallest absolute Gasteiger partial charge is 0.251 e. The van der Waals surface area contributed by atoms with Gasteiger partial charge in [-0.05, 0) is 31.0 Å². The van der Waals surface area contributed by atoms with E-state index >= 15 is 0 Å². The summed E-state index contributed by atoms with van der Waals surface area (Å²) in [5.41, 5.74) is 1.86. The van der Waals surface area contributed by atoms with E-state index in [0.717, 1.165) is 18.5 Å². The fraction of sp³-hybridized carbons (Fsp3) is 0.214. The molecule has 0 aliphatic heterocycles. The lowest BCUT2D eigenvalue weighted by Gasteiger charge is -2.11. The summed E-state index contributed by atoms with van der Waals surface area (Å²) in [6, 6.07) is 5.50. The number of hydrogen-bond donors (Lipinski definition) is 2. The van der Waals surface area contributed by atoms with Gasteiger partial charge in [-0.2, -0.15) is 0 Å². The van der Waals surface area contributed by atoms with Gasteiger partial charge in [0.2, 0.25) is 6.41 Å². The molecular formula is C14H14N4O2. The van der Waals surface area contributed by atoms with Crippen LogP contribution in [-0.4, -0.2) is 27.9 Å². The number of anilines is 1. The SMILES string of the molecule is O=CNc1cc(C(=O)NC2CC2)ccc1-n1ccnc1. The van der Waals surface area contributed by atoms with Gasteiger partial charge >= 0.3 is 0 Å². The molecule has 1 heterocycles. The van der Waals surface area contributed by atoms with E-state index < -0.39 is 0 Å². The predicted molar refractivity (Wildman–Crippen MR) is 73.7 cm³/mol. The zero-order valence-corrected chi connectivity index (χ0v) is 10.7. The first-order chi connectivity index (χ1) is 9.78. The van der Waals surface area contributed by atoms with Gasteiger partial charge in [0, 0.05) is 24.0 Å². The molecule has 1 aliphatic carbocycles. The zero-order chi connectivity index (χ0) is 13.9. The van der Waals surface area contributed by atoms with E-state index in [0.29, 0.717) is 23.7 Å². The standard InChI is InChI=1S/C14H14N4O2/c19-9-16-12-7-10(14(20)17-11-2-3-11)1-4-13(12)18-6-5-15-8-18/h1,4-9,11H,2-3H2,(H,16,19)(H,17,20). The van der Waals surface area contributed by atoms with Gasteiger partial charge in [-0.15, -0.1) is 0 Å². The lowest BCUT2D eigenvalue weighted by molar-refractivity contribution is -0.105. The maximum absolute atomic E-state index is 12.0. The van der Waals surface area contributed by atoms with Crippen LogP contribution in [0.15, 0.2) is 36.9 Å². The number of rotatable bonds is 5. The minimum absolute atomic E-state index is 0.112. The summed E-state index contributed by atoms with van der Waals surface area (Å²) in [6.07, 6.45) is 7.73. The van der Waals surface area contributed by atoms with Crippen molar-refractivity contribution in [1.29, 1.82) is 0 Å². The van der Waals surface area contributed by atoms with Crippen molar-refractivity contribution in [3.8, 4) is 5.69 Å². The van der Waals surface area contributed by atoms with Crippen LogP contribution in [0.3, 0.4) is 0 Å². The Bertz CT molecular complexity index is 633. The maximum Gasteiger partial charge on any atom is 0.251 e. The van der Waals surface area contributed by atoms with E-state index in [2.05, 4.69) is 15.6 Å². The highest BCUT2D eigenvalue weighted by Crippen LogP contribution is 2.23. The predicted octanol–water partition coefficient (Wildman–Crippen LogP) is 1.33. The van der Waals surface area contributed by atoms with E-state index in [9.17, 15) is 9.59 Å². The van der Waals surface area contributed by atoms with Gasteiger partial charge in [-0.1, -0.05) is 0 Å². The monoisotopic (exact) mass is 270 g/mol. The minimum Gasteiger partial charge on any atom is -0.349 e. The molecule has 6 nitrogen and oxygen atoms in total. The molecule has 1 aromatic carbocycles. The fourth-order valence-corrected chi connectivity index (χ4v) is 1.98. The molecule has 0 spiro atoms. The number of hydrogen-bond acceptors (Lipinski definition) is 3. The first kappa shape index (κ1) is 12.4. The van der Waals surface area contributed by atoms with Crippen molar-refractivity contribution in [2.24, 2.45) is 0 Å². The molecule has 1 aliphatic rings. The number of nitrogens with zero attached hydrogens (tertiary/aromatic N) is 2. The Hall–Kier alpha value is -2.63. The first-order valence-corrected chi connectivity index (χ1v) is 6.41. The number of amides is 2. The van der Waals surface area contributed by atoms with Gasteiger partial charge in [0.25, 0.3) is 5.91 Å². The molecule has 6 heteroatoms. The molecule has 20 heavy (non-hydrogen) atoms. The molecule has 0 bridgehead atoms. The van der Waals surface area contributed by atoms with Crippen molar-refractivity contribution < 1.29 is 9.59 Å². The molecule has 0 saturated heterocycles. The number of benzene rings is 1. The van der Waals surface area contributed by atoms with Crippen LogP contribution in [0.4, 0.5) is 5.69 Å². The first-order valence-electron chi connectivity index (χ1n) is 6.41. The van der Waals surface area contributed by atoms with Crippen molar-refractivity contribution in [3.05, 3.63) is 42.5 Å². The highest BCUT2D eigenvalue weighted by atomic mass is 16.1. The summed E-state index contributed by atoms with van der Waals surface area (Å²) in [5.74, 6) is -0.112. The van der Waals surface area contributed by atoms with E-state index in [1.807, 2.05) is 0 Å². The average Bonchev–Trinajstić information content (AvgIpc) is 3.10. The summed E-state index contributed by atoms with van der Waals surface area (Å²) in [6.45, 7) is 0. The molecule has 2 amide bonds. The summed E-state index contributed by atoms with van der Waals surface area (Å²) in [7, 11) is 0. The molecule has 3 rings (SSSR count). The van der Waals surface area contributed by atoms with Crippen LogP contribution in [0.2, 0.25) is 0 Å². The highest BCUT2D eigenvalue weighted by molar-refractivity contribution is 5.96. The number of carbonyl (C=O) groups excluding carboxylic acids is 2. The summed E-state index contributed by atoms with van der Waals surface area (Å²) < 4.78 is 1.77. The molecule has 0 radical (unpaired) electrons. The van der Waals surface area contributed by atoms with Crippen LogP contribution < -0.4 is 10.6 Å². The normalized spacial score (nSPS) is 13.8. The Morgan fingerprint density at radius 2 is 2.25 bits per heavy atom. The van der Waals surface area contributed by atoms with Crippen molar-refractivity contribution >= 4 is 18.0 Å². The largest absolute Gasteiger partial charge is 0.349 e. The summed E-state index contributed by atoms with van der Waals surface area (Å²) in [4.78, 5) is 26.7. The van der Waals surface area contributed by atoms with Crippen LogP contribution in [0.1, 0.15) is 23.2 Å². The topological polar surface area (TPSA) is 76.0 Å². The lowest BCUT2D eigenvalue weighted by Crippen LogP contribution is -2.25. The van der Waals surface area contributed by atoms with E-state index in [-0.39, 0.29) is 5.91 Å². The molecule has 1 aromatic heterocycles. The molecular weight excluding hydrogens is 256 g/mol. The number of carbonyl (C=O) groups is 2. The highest BCUT2D eigenvalue weighted by Gasteiger charge is 2.24. The van der Waals surface area contributed by atoms with Crippen molar-refractivity contribution in [2.45, 2.75) is 18.9 Å². The van der Waals surface area contributed by atoms with E-state index in [4.69, 9.17) is 0 Å². The van der Waals surface area contributed by atoms with Gasteiger partial charge in [-0.3, -0.25) is 9.59 Å². The Kier molecular flexibility index (Phi) is 3.20. The molecule has 0 unspecified atom stereocenters. The van der Waals surface area contributed by atoms with E-state index in [1.165, 1.54) is 0 Å². The minimum atomic E-state index is -0.112. The van der Waals surface area contributed by atoms with Gasteiger partial charge in [-0.25, -0.2) is 4.98 Å². The number of aromatic nitrogens is 2. The second kappa shape index (κ2) is 5.16. The Balaban J connectivity index is 1.92. The molecule has 2 N–H and O–H groups in total.